The lowest BCUT2D eigenvalue weighted by Gasteiger charge is -2.09. The minimum atomic E-state index is -1.29. The predicted octanol–water partition coefficient (Wildman–Crippen LogP) is 0.336. The third-order valence-corrected chi connectivity index (χ3v) is 2.76. The quantitative estimate of drug-likeness (QED) is 0.793. The van der Waals surface area contributed by atoms with Gasteiger partial charge in [-0.3, -0.25) is 4.79 Å². The van der Waals surface area contributed by atoms with E-state index in [-0.39, 0.29) is 17.1 Å². The van der Waals surface area contributed by atoms with E-state index in [1.165, 1.54) is 16.8 Å². The number of carbonyl (C=O) groups is 1. The lowest BCUT2D eigenvalue weighted by molar-refractivity contribution is 0.0694. The van der Waals surface area contributed by atoms with Crippen LogP contribution in [0.4, 0.5) is 0 Å². The fourth-order valence-corrected chi connectivity index (χ4v) is 1.73. The van der Waals surface area contributed by atoms with Crippen LogP contribution in [0, 0.1) is 0 Å². The van der Waals surface area contributed by atoms with Crippen molar-refractivity contribution in [2.45, 2.75) is 13.5 Å². The monoisotopic (exact) mass is 261 g/mol. The fourth-order valence-electron chi connectivity index (χ4n) is 1.73. The molecule has 0 aromatic carbocycles. The zero-order valence-corrected chi connectivity index (χ0v) is 10.4. The van der Waals surface area contributed by atoms with Gasteiger partial charge < -0.3 is 19.0 Å². The lowest BCUT2D eigenvalue weighted by Crippen LogP contribution is -2.38. The molecule has 1 N–H and O–H groups in total. The summed E-state index contributed by atoms with van der Waals surface area (Å²) in [5.41, 5.74) is -0.456. The number of hydrogen-bond acceptors (Lipinski definition) is 4. The maximum absolute atomic E-state index is 11.8. The number of nitrogens with zero attached hydrogens (tertiary/aromatic N) is 1. The average molecular weight is 261 g/mol. The van der Waals surface area contributed by atoms with Crippen molar-refractivity contribution >= 4 is 18.6 Å². The van der Waals surface area contributed by atoms with Crippen LogP contribution in [0.5, 0.6) is 0 Å². The Morgan fingerprint density at radius 1 is 1.42 bits per heavy atom. The minimum Gasteiger partial charge on any atom is -0.520 e. The van der Waals surface area contributed by atoms with Gasteiger partial charge in [0.1, 0.15) is 17.1 Å². The van der Waals surface area contributed by atoms with Crippen molar-refractivity contribution in [2.75, 3.05) is 0 Å². The van der Waals surface area contributed by atoms with Crippen LogP contribution in [0.1, 0.15) is 17.3 Å². The minimum absolute atomic E-state index is 0.288. The zero-order chi connectivity index (χ0) is 14.2. The molecule has 1 aliphatic rings. The molecule has 7 heteroatoms. The Hall–Kier alpha value is -2.44. The number of hydrogen-bond donors (Lipinski definition) is 1. The van der Waals surface area contributed by atoms with Gasteiger partial charge in [-0.1, -0.05) is 13.2 Å². The molecule has 0 radical (unpaired) electrons. The van der Waals surface area contributed by atoms with E-state index in [0.717, 1.165) is 0 Å². The standard InChI is InChI=1S/C12H12BNO5/c1-4-14-6-9(5-10(11(14)15)12(16)17)13-18-7(2)8(3)19-13/h5-6H,2-4H2,1H3,(H,16,17). The van der Waals surface area contributed by atoms with E-state index in [4.69, 9.17) is 14.4 Å². The molecule has 0 aliphatic carbocycles. The van der Waals surface area contributed by atoms with E-state index in [1.807, 2.05) is 0 Å². The largest absolute Gasteiger partial charge is 0.634 e. The molecule has 19 heavy (non-hydrogen) atoms. The first-order valence-corrected chi connectivity index (χ1v) is 5.63. The molecule has 0 atom stereocenters. The van der Waals surface area contributed by atoms with Gasteiger partial charge in [0.15, 0.2) is 0 Å². The Bertz CT molecular complexity index is 617. The van der Waals surface area contributed by atoms with Gasteiger partial charge in [0, 0.05) is 18.2 Å². The SMILES string of the molecule is C=C1OB(c2cc(C(=O)O)c(=O)n(CC)c2)OC1=C. The number of aryl methyl sites for hydroxylation is 1. The highest BCUT2D eigenvalue weighted by Crippen LogP contribution is 2.20. The van der Waals surface area contributed by atoms with E-state index in [1.54, 1.807) is 6.92 Å². The lowest BCUT2D eigenvalue weighted by atomic mass is 9.80. The maximum Gasteiger partial charge on any atom is 0.634 e. The molecular weight excluding hydrogens is 249 g/mol. The van der Waals surface area contributed by atoms with Crippen molar-refractivity contribution in [2.24, 2.45) is 0 Å². The second-order valence-corrected chi connectivity index (χ2v) is 4.00. The normalized spacial score (nSPS) is 14.3. The summed E-state index contributed by atoms with van der Waals surface area (Å²) in [7, 11) is -0.823. The molecule has 0 spiro atoms. The van der Waals surface area contributed by atoms with Crippen molar-refractivity contribution in [3.8, 4) is 0 Å². The molecule has 0 saturated carbocycles. The van der Waals surface area contributed by atoms with E-state index < -0.39 is 18.6 Å². The first kappa shape index (κ1) is 13.0. The molecular formula is C12H12BNO5. The van der Waals surface area contributed by atoms with Crippen molar-refractivity contribution in [3.05, 3.63) is 52.9 Å². The molecule has 0 bridgehead atoms. The second-order valence-electron chi connectivity index (χ2n) is 4.00. The average Bonchev–Trinajstić information content (AvgIpc) is 2.69. The summed E-state index contributed by atoms with van der Waals surface area (Å²) in [5, 5.41) is 9.03. The molecule has 0 unspecified atom stereocenters. The van der Waals surface area contributed by atoms with Crippen LogP contribution in [0.3, 0.4) is 0 Å². The number of carboxylic acids is 1. The summed E-state index contributed by atoms with van der Waals surface area (Å²) < 4.78 is 11.9. The highest BCUT2D eigenvalue weighted by atomic mass is 16.6. The van der Waals surface area contributed by atoms with Crippen LogP contribution in [-0.2, 0) is 15.9 Å². The number of carboxylic acid groups (broad SMARTS) is 1. The van der Waals surface area contributed by atoms with Crippen molar-refractivity contribution in [3.63, 3.8) is 0 Å². The maximum atomic E-state index is 11.8. The van der Waals surface area contributed by atoms with Gasteiger partial charge in [-0.15, -0.1) is 0 Å². The van der Waals surface area contributed by atoms with Crippen LogP contribution >= 0.6 is 0 Å². The van der Waals surface area contributed by atoms with Crippen LogP contribution in [0.15, 0.2) is 41.7 Å². The van der Waals surface area contributed by atoms with Gasteiger partial charge in [0.05, 0.1) is 0 Å². The van der Waals surface area contributed by atoms with Gasteiger partial charge in [0.2, 0.25) is 0 Å². The fraction of sp³-hybridized carbons (Fsp3) is 0.167. The van der Waals surface area contributed by atoms with Crippen LogP contribution in [0.25, 0.3) is 0 Å². The molecule has 0 amide bonds. The Morgan fingerprint density at radius 2 is 2.00 bits per heavy atom. The van der Waals surface area contributed by atoms with E-state index >= 15 is 0 Å². The third kappa shape index (κ3) is 2.26. The van der Waals surface area contributed by atoms with Gasteiger partial charge in [0.25, 0.3) is 5.56 Å². The number of rotatable bonds is 3. The predicted molar refractivity (Wildman–Crippen MR) is 69.2 cm³/mol. The molecule has 1 saturated heterocycles. The molecule has 2 heterocycles. The van der Waals surface area contributed by atoms with E-state index in [0.29, 0.717) is 12.0 Å². The smallest absolute Gasteiger partial charge is 0.520 e. The van der Waals surface area contributed by atoms with Crippen LogP contribution < -0.4 is 11.0 Å². The van der Waals surface area contributed by atoms with Crippen molar-refractivity contribution in [1.29, 1.82) is 0 Å². The second kappa shape index (κ2) is 4.68. The molecule has 98 valence electrons. The van der Waals surface area contributed by atoms with E-state index in [2.05, 4.69) is 13.2 Å². The summed E-state index contributed by atoms with van der Waals surface area (Å²) in [6.07, 6.45) is 1.51. The van der Waals surface area contributed by atoms with Crippen molar-refractivity contribution < 1.29 is 19.2 Å². The van der Waals surface area contributed by atoms with E-state index in [9.17, 15) is 9.59 Å². The summed E-state index contributed by atoms with van der Waals surface area (Å²) in [4.78, 5) is 22.9. The molecule has 6 nitrogen and oxygen atoms in total. The topological polar surface area (TPSA) is 77.8 Å². The summed E-state index contributed by atoms with van der Waals surface area (Å²) >= 11 is 0. The molecule has 1 fully saturated rings. The Morgan fingerprint density at radius 3 is 2.47 bits per heavy atom. The molecule has 1 aromatic heterocycles. The van der Waals surface area contributed by atoms with Gasteiger partial charge in [-0.2, -0.15) is 0 Å². The van der Waals surface area contributed by atoms with Gasteiger partial charge in [-0.25, -0.2) is 4.79 Å². The molecule has 1 aliphatic heterocycles. The van der Waals surface area contributed by atoms with Crippen LogP contribution in [-0.4, -0.2) is 22.8 Å². The first-order chi connectivity index (χ1) is 8.93. The number of aromatic nitrogens is 1. The highest BCUT2D eigenvalue weighted by molar-refractivity contribution is 6.62. The Labute approximate surface area is 109 Å². The van der Waals surface area contributed by atoms with Gasteiger partial charge in [-0.05, 0) is 13.0 Å². The number of aromatic carboxylic acids is 1. The van der Waals surface area contributed by atoms with Gasteiger partial charge >= 0.3 is 13.1 Å². The van der Waals surface area contributed by atoms with Crippen LogP contribution in [0.2, 0.25) is 0 Å². The summed E-state index contributed by atoms with van der Waals surface area (Å²) in [5.74, 6) is -0.711. The Balaban J connectivity index is 2.50. The molecule has 1 aromatic rings. The zero-order valence-electron chi connectivity index (χ0n) is 10.4. The first-order valence-electron chi connectivity index (χ1n) is 5.63. The Kier molecular flexibility index (Phi) is 3.20. The van der Waals surface area contributed by atoms with Crippen molar-refractivity contribution in [1.82, 2.24) is 4.57 Å². The molecule has 2 rings (SSSR count). The third-order valence-electron chi connectivity index (χ3n) is 2.76. The summed E-state index contributed by atoms with van der Waals surface area (Å²) in [6, 6.07) is 1.24. The highest BCUT2D eigenvalue weighted by Gasteiger charge is 2.36. The number of pyridine rings is 1. The summed E-state index contributed by atoms with van der Waals surface area (Å²) in [6.45, 7) is 9.28.